The molecule has 0 unspecified atom stereocenters. The average molecular weight is 381 g/mol. The van der Waals surface area contributed by atoms with Crippen LogP contribution in [-0.2, 0) is 6.54 Å². The topological polar surface area (TPSA) is 25.2 Å². The first-order valence-corrected chi connectivity index (χ1v) is 6.70. The summed E-state index contributed by atoms with van der Waals surface area (Å²) in [6.45, 7) is 1.78. The quantitative estimate of drug-likeness (QED) is 0.810. The molecule has 0 radical (unpaired) electrons. The van der Waals surface area contributed by atoms with E-state index in [-0.39, 0.29) is 12.2 Å². The Morgan fingerprint density at radius 1 is 1.28 bits per heavy atom. The van der Waals surface area contributed by atoms with Gasteiger partial charge in [-0.1, -0.05) is 6.07 Å². The molecule has 6 heteroatoms. The minimum Gasteiger partial charge on any atom is -0.451 e. The van der Waals surface area contributed by atoms with E-state index < -0.39 is 11.6 Å². The third kappa shape index (κ3) is 2.75. The van der Waals surface area contributed by atoms with E-state index in [1.807, 2.05) is 0 Å². The highest BCUT2D eigenvalue weighted by Gasteiger charge is 2.12. The maximum absolute atomic E-state index is 13.7. The fourth-order valence-corrected chi connectivity index (χ4v) is 2.13. The van der Waals surface area contributed by atoms with Crippen molar-refractivity contribution in [1.82, 2.24) is 0 Å². The van der Waals surface area contributed by atoms with E-state index in [0.717, 1.165) is 4.47 Å². The van der Waals surface area contributed by atoms with Crippen LogP contribution in [0.5, 0.6) is 0 Å². The predicted octanol–water partition coefficient (Wildman–Crippen LogP) is 5.00. The first-order chi connectivity index (χ1) is 8.49. The van der Waals surface area contributed by atoms with Crippen LogP contribution in [0, 0.1) is 18.6 Å². The Balaban J connectivity index is 2.18. The Hall–Kier alpha value is -0.880. The van der Waals surface area contributed by atoms with E-state index >= 15 is 0 Å². The van der Waals surface area contributed by atoms with Crippen LogP contribution in [-0.4, -0.2) is 0 Å². The van der Waals surface area contributed by atoms with Gasteiger partial charge in [0.2, 0.25) is 0 Å². The van der Waals surface area contributed by atoms with Crippen LogP contribution in [0.15, 0.2) is 31.8 Å². The summed E-state index contributed by atoms with van der Waals surface area (Å²) in [5.74, 6) is -0.642. The van der Waals surface area contributed by atoms with E-state index in [2.05, 4.69) is 37.2 Å². The number of benzene rings is 1. The second kappa shape index (κ2) is 5.40. The molecule has 0 aliphatic carbocycles. The van der Waals surface area contributed by atoms with Crippen molar-refractivity contribution in [1.29, 1.82) is 0 Å². The van der Waals surface area contributed by atoms with Crippen molar-refractivity contribution in [2.45, 2.75) is 13.5 Å². The first kappa shape index (κ1) is 13.5. The lowest BCUT2D eigenvalue weighted by molar-refractivity contribution is 0.492. The second-order valence-electron chi connectivity index (χ2n) is 3.74. The van der Waals surface area contributed by atoms with Crippen molar-refractivity contribution in [2.24, 2.45) is 0 Å². The van der Waals surface area contributed by atoms with Gasteiger partial charge in [0.1, 0.15) is 17.3 Å². The van der Waals surface area contributed by atoms with Crippen LogP contribution in [0.25, 0.3) is 0 Å². The molecule has 1 aromatic carbocycles. The minimum absolute atomic E-state index is 0.140. The fourth-order valence-electron chi connectivity index (χ4n) is 1.47. The Morgan fingerprint density at radius 2 is 2.00 bits per heavy atom. The third-order valence-corrected chi connectivity index (χ3v) is 4.13. The van der Waals surface area contributed by atoms with Crippen LogP contribution in [0.2, 0.25) is 0 Å². The highest BCUT2D eigenvalue weighted by Crippen LogP contribution is 2.28. The van der Waals surface area contributed by atoms with Gasteiger partial charge < -0.3 is 9.73 Å². The Kier molecular flexibility index (Phi) is 4.07. The van der Waals surface area contributed by atoms with Gasteiger partial charge in [0.05, 0.1) is 11.0 Å². The highest BCUT2D eigenvalue weighted by atomic mass is 79.9. The zero-order valence-electron chi connectivity index (χ0n) is 9.36. The molecule has 0 amide bonds. The highest BCUT2D eigenvalue weighted by molar-refractivity contribution is 9.13. The van der Waals surface area contributed by atoms with Gasteiger partial charge in [-0.3, -0.25) is 0 Å². The lowest BCUT2D eigenvalue weighted by atomic mass is 10.2. The summed E-state index contributed by atoms with van der Waals surface area (Å²) in [4.78, 5) is 0. The molecule has 2 aromatic rings. The summed E-state index contributed by atoms with van der Waals surface area (Å²) in [6, 6.07) is 4.35. The number of furan rings is 1. The molecule has 2 rings (SSSR count). The van der Waals surface area contributed by atoms with Crippen LogP contribution in [0.4, 0.5) is 14.5 Å². The number of nitrogens with one attached hydrogen (secondary N) is 1. The number of hydrogen-bond acceptors (Lipinski definition) is 2. The normalized spacial score (nSPS) is 10.7. The summed E-state index contributed by atoms with van der Waals surface area (Å²) in [5, 5.41) is 2.69. The molecule has 0 saturated carbocycles. The van der Waals surface area contributed by atoms with Gasteiger partial charge in [-0.15, -0.1) is 0 Å². The monoisotopic (exact) mass is 379 g/mol. The van der Waals surface area contributed by atoms with Crippen LogP contribution < -0.4 is 5.32 Å². The molecule has 0 aliphatic rings. The van der Waals surface area contributed by atoms with E-state index in [4.69, 9.17) is 4.42 Å². The van der Waals surface area contributed by atoms with Crippen molar-refractivity contribution >= 4 is 37.5 Å². The summed E-state index contributed by atoms with van der Waals surface area (Å²) < 4.78 is 33.8. The Labute approximate surface area is 120 Å². The van der Waals surface area contributed by atoms with Gasteiger partial charge in [-0.05, 0) is 56.5 Å². The number of halogens is 4. The molecule has 2 nitrogen and oxygen atoms in total. The van der Waals surface area contributed by atoms with Crippen molar-refractivity contribution in [2.75, 3.05) is 5.32 Å². The van der Waals surface area contributed by atoms with Crippen molar-refractivity contribution in [3.05, 3.63) is 50.3 Å². The van der Waals surface area contributed by atoms with E-state index in [1.165, 1.54) is 12.1 Å². The van der Waals surface area contributed by atoms with Crippen molar-refractivity contribution in [3.8, 4) is 0 Å². The van der Waals surface area contributed by atoms with Crippen LogP contribution in [0.3, 0.4) is 0 Å². The van der Waals surface area contributed by atoms with Crippen molar-refractivity contribution < 1.29 is 13.2 Å². The zero-order valence-corrected chi connectivity index (χ0v) is 12.5. The molecular formula is C12H9Br2F2NO. The molecular weight excluding hydrogens is 372 g/mol. The molecule has 0 aliphatic heterocycles. The van der Waals surface area contributed by atoms with Gasteiger partial charge in [-0.25, -0.2) is 8.78 Å². The predicted molar refractivity (Wildman–Crippen MR) is 72.5 cm³/mol. The summed E-state index contributed by atoms with van der Waals surface area (Å²) in [7, 11) is 0. The molecule has 0 atom stereocenters. The number of aryl methyl sites for hydroxylation is 1. The number of hydrogen-bond donors (Lipinski definition) is 1. The van der Waals surface area contributed by atoms with Gasteiger partial charge in [0.25, 0.3) is 0 Å². The largest absolute Gasteiger partial charge is 0.451 e. The Bertz CT molecular complexity index is 564. The molecule has 1 heterocycles. The van der Waals surface area contributed by atoms with Gasteiger partial charge in [0, 0.05) is 0 Å². The molecule has 0 bridgehead atoms. The van der Waals surface area contributed by atoms with E-state index in [0.29, 0.717) is 16.0 Å². The fraction of sp³-hybridized carbons (Fsp3) is 0.167. The third-order valence-electron chi connectivity index (χ3n) is 2.42. The molecule has 1 N–H and O–H groups in total. The number of rotatable bonds is 3. The smallest absolute Gasteiger partial charge is 0.183 e. The second-order valence-corrected chi connectivity index (χ2v) is 5.32. The SMILES string of the molecule is Cc1ccc(F)c(NCc2cc(Br)c(Br)o2)c1F. The van der Waals surface area contributed by atoms with Crippen LogP contribution in [0.1, 0.15) is 11.3 Å². The molecule has 0 fully saturated rings. The van der Waals surface area contributed by atoms with Gasteiger partial charge >= 0.3 is 0 Å². The molecule has 1 aromatic heterocycles. The lowest BCUT2D eigenvalue weighted by Gasteiger charge is -2.08. The average Bonchev–Trinajstić information content (AvgIpc) is 2.64. The number of anilines is 1. The zero-order chi connectivity index (χ0) is 13.3. The molecule has 0 spiro atoms. The molecule has 0 saturated heterocycles. The summed E-state index contributed by atoms with van der Waals surface area (Å²) >= 11 is 6.46. The van der Waals surface area contributed by atoms with E-state index in [9.17, 15) is 8.78 Å². The van der Waals surface area contributed by atoms with Gasteiger partial charge in [0.15, 0.2) is 10.5 Å². The molecule has 96 valence electrons. The summed E-state index contributed by atoms with van der Waals surface area (Å²) in [5.41, 5.74) is 0.249. The minimum atomic E-state index is -0.622. The van der Waals surface area contributed by atoms with Crippen molar-refractivity contribution in [3.63, 3.8) is 0 Å². The maximum Gasteiger partial charge on any atom is 0.183 e. The molecule has 18 heavy (non-hydrogen) atoms. The first-order valence-electron chi connectivity index (χ1n) is 5.11. The lowest BCUT2D eigenvalue weighted by Crippen LogP contribution is -2.04. The standard InChI is InChI=1S/C12H9Br2F2NO/c1-6-2-3-9(15)11(10(6)16)17-5-7-4-8(13)12(14)18-7/h2-4,17H,5H2,1H3. The van der Waals surface area contributed by atoms with Crippen LogP contribution >= 0.6 is 31.9 Å². The maximum atomic E-state index is 13.7. The summed E-state index contributed by atoms with van der Waals surface area (Å²) in [6.07, 6.45) is 0. The van der Waals surface area contributed by atoms with Gasteiger partial charge in [-0.2, -0.15) is 0 Å². The Morgan fingerprint density at radius 3 is 2.61 bits per heavy atom. The van der Waals surface area contributed by atoms with E-state index in [1.54, 1.807) is 13.0 Å².